The van der Waals surface area contributed by atoms with Gasteiger partial charge < -0.3 is 16.0 Å². The summed E-state index contributed by atoms with van der Waals surface area (Å²) in [6.45, 7) is 16.8. The van der Waals surface area contributed by atoms with Crippen LogP contribution < -0.4 is 16.0 Å². The lowest BCUT2D eigenvalue weighted by molar-refractivity contribution is -0.127. The fourth-order valence-corrected chi connectivity index (χ4v) is 3.57. The maximum Gasteiger partial charge on any atom is 0.237 e. The molecule has 0 radical (unpaired) electrons. The minimum atomic E-state index is -0.440. The van der Waals surface area contributed by atoms with E-state index in [0.29, 0.717) is 38.1 Å². The number of hydrogen-bond acceptors (Lipinski definition) is 5. The molecule has 0 spiro atoms. The summed E-state index contributed by atoms with van der Waals surface area (Å²) in [6, 6.07) is -0.440. The van der Waals surface area contributed by atoms with E-state index < -0.39 is 6.04 Å². The standard InChI is InChI=1S/C28H53N3O4/c1-21(2)23(32)15-11-9-13-19-29-25(34)18-17-22(31-28(6,7)8)26(35)30-20-14-10-12-16-24(33)27(3,4)5/h21-22,31H,9-20H2,1-8H3,(H,29,34)(H,30,35). The molecule has 0 aromatic heterocycles. The van der Waals surface area contributed by atoms with Crippen LogP contribution >= 0.6 is 0 Å². The second-order valence-corrected chi connectivity index (χ2v) is 12.0. The molecule has 0 rings (SSSR count). The zero-order valence-electron chi connectivity index (χ0n) is 23.8. The highest BCUT2D eigenvalue weighted by Gasteiger charge is 2.24. The average Bonchev–Trinajstić information content (AvgIpc) is 2.73. The summed E-state index contributed by atoms with van der Waals surface area (Å²) in [6.07, 6.45) is 7.08. The van der Waals surface area contributed by atoms with Gasteiger partial charge in [-0.25, -0.2) is 0 Å². The molecule has 7 heteroatoms. The zero-order valence-corrected chi connectivity index (χ0v) is 23.8. The van der Waals surface area contributed by atoms with Crippen molar-refractivity contribution in [3.63, 3.8) is 0 Å². The van der Waals surface area contributed by atoms with Crippen molar-refractivity contribution in [2.75, 3.05) is 13.1 Å². The highest BCUT2D eigenvalue weighted by molar-refractivity contribution is 5.84. The summed E-state index contributed by atoms with van der Waals surface area (Å²) in [5.74, 6) is 0.509. The summed E-state index contributed by atoms with van der Waals surface area (Å²) in [5, 5.41) is 9.24. The maximum absolute atomic E-state index is 12.8. The minimum Gasteiger partial charge on any atom is -0.356 e. The molecule has 204 valence electrons. The van der Waals surface area contributed by atoms with Crippen LogP contribution in [-0.4, -0.2) is 48.1 Å². The number of ketones is 2. The van der Waals surface area contributed by atoms with Gasteiger partial charge in [0.15, 0.2) is 0 Å². The first-order valence-electron chi connectivity index (χ1n) is 13.5. The van der Waals surface area contributed by atoms with Crippen LogP contribution in [0.3, 0.4) is 0 Å². The third-order valence-electron chi connectivity index (χ3n) is 5.87. The number of carbonyl (C=O) groups excluding carboxylic acids is 4. The lowest BCUT2D eigenvalue weighted by atomic mass is 9.88. The topological polar surface area (TPSA) is 104 Å². The van der Waals surface area contributed by atoms with Crippen LogP contribution in [0.4, 0.5) is 0 Å². The Kier molecular flexibility index (Phi) is 16.0. The number of Topliss-reactive ketones (excluding diaryl/α,β-unsaturated/α-hetero) is 2. The van der Waals surface area contributed by atoms with Crippen LogP contribution in [0.15, 0.2) is 0 Å². The summed E-state index contributed by atoms with van der Waals surface area (Å²) in [7, 11) is 0. The highest BCUT2D eigenvalue weighted by atomic mass is 16.2. The number of nitrogens with one attached hydrogen (secondary N) is 3. The van der Waals surface area contributed by atoms with Crippen LogP contribution in [0.25, 0.3) is 0 Å². The molecule has 0 saturated carbocycles. The van der Waals surface area contributed by atoms with Gasteiger partial charge in [-0.15, -0.1) is 0 Å². The lowest BCUT2D eigenvalue weighted by Crippen LogP contribution is -2.52. The molecule has 3 N–H and O–H groups in total. The van der Waals surface area contributed by atoms with Crippen molar-refractivity contribution < 1.29 is 19.2 Å². The van der Waals surface area contributed by atoms with E-state index in [2.05, 4.69) is 16.0 Å². The van der Waals surface area contributed by atoms with E-state index in [0.717, 1.165) is 38.5 Å². The molecule has 35 heavy (non-hydrogen) atoms. The Labute approximate surface area is 214 Å². The minimum absolute atomic E-state index is 0.0553. The van der Waals surface area contributed by atoms with Crippen molar-refractivity contribution in [1.29, 1.82) is 0 Å². The monoisotopic (exact) mass is 495 g/mol. The van der Waals surface area contributed by atoms with Crippen molar-refractivity contribution in [1.82, 2.24) is 16.0 Å². The van der Waals surface area contributed by atoms with Crippen LogP contribution in [0.1, 0.15) is 120 Å². The van der Waals surface area contributed by atoms with Gasteiger partial charge in [0.1, 0.15) is 11.6 Å². The van der Waals surface area contributed by atoms with Crippen molar-refractivity contribution in [2.24, 2.45) is 11.3 Å². The molecule has 7 nitrogen and oxygen atoms in total. The quantitative estimate of drug-likeness (QED) is 0.239. The average molecular weight is 496 g/mol. The second-order valence-electron chi connectivity index (χ2n) is 12.0. The van der Waals surface area contributed by atoms with Gasteiger partial charge >= 0.3 is 0 Å². The Bertz CT molecular complexity index is 660. The zero-order chi connectivity index (χ0) is 27.1. The molecule has 1 unspecified atom stereocenters. The molecule has 0 aromatic rings. The van der Waals surface area contributed by atoms with E-state index >= 15 is 0 Å². The predicted octanol–water partition coefficient (Wildman–Crippen LogP) is 4.72. The first kappa shape index (κ1) is 33.2. The summed E-state index contributed by atoms with van der Waals surface area (Å²) >= 11 is 0. The van der Waals surface area contributed by atoms with Crippen LogP contribution in [0.5, 0.6) is 0 Å². The van der Waals surface area contributed by atoms with Gasteiger partial charge in [-0.3, -0.25) is 19.2 Å². The number of amides is 2. The van der Waals surface area contributed by atoms with E-state index in [1.807, 2.05) is 55.4 Å². The number of hydrogen-bond donors (Lipinski definition) is 3. The molecule has 0 aliphatic heterocycles. The molecule has 0 aliphatic carbocycles. The van der Waals surface area contributed by atoms with E-state index in [-0.39, 0.29) is 40.9 Å². The smallest absolute Gasteiger partial charge is 0.237 e. The van der Waals surface area contributed by atoms with Gasteiger partial charge in [0, 0.05) is 49.2 Å². The highest BCUT2D eigenvalue weighted by Crippen LogP contribution is 2.18. The normalized spacial score (nSPS) is 12.9. The third-order valence-corrected chi connectivity index (χ3v) is 5.87. The molecule has 0 bridgehead atoms. The SMILES string of the molecule is CC(C)C(=O)CCCCCNC(=O)CCC(NC(C)(C)C)C(=O)NCCCCCC(=O)C(C)(C)C. The predicted molar refractivity (Wildman–Crippen MR) is 143 cm³/mol. The van der Waals surface area contributed by atoms with Gasteiger partial charge in [0.2, 0.25) is 11.8 Å². The van der Waals surface area contributed by atoms with Crippen LogP contribution in [-0.2, 0) is 19.2 Å². The molecule has 2 amide bonds. The molecule has 0 aromatic carbocycles. The number of unbranched alkanes of at least 4 members (excludes halogenated alkanes) is 4. The van der Waals surface area contributed by atoms with Gasteiger partial charge in [0.25, 0.3) is 0 Å². The Hall–Kier alpha value is -1.76. The largest absolute Gasteiger partial charge is 0.356 e. The second kappa shape index (κ2) is 16.8. The first-order valence-corrected chi connectivity index (χ1v) is 13.5. The Balaban J connectivity index is 4.27. The van der Waals surface area contributed by atoms with Crippen LogP contribution in [0.2, 0.25) is 0 Å². The van der Waals surface area contributed by atoms with Crippen molar-refractivity contribution in [2.45, 2.75) is 131 Å². The fraction of sp³-hybridized carbons (Fsp3) is 0.857. The summed E-state index contributed by atoms with van der Waals surface area (Å²) in [4.78, 5) is 48.7. The van der Waals surface area contributed by atoms with Crippen LogP contribution in [0, 0.1) is 11.3 Å². The Morgan fingerprint density at radius 1 is 0.686 bits per heavy atom. The Morgan fingerprint density at radius 3 is 1.74 bits per heavy atom. The van der Waals surface area contributed by atoms with Gasteiger partial charge in [0.05, 0.1) is 6.04 Å². The first-order chi connectivity index (χ1) is 16.1. The molecule has 0 saturated heterocycles. The fourth-order valence-electron chi connectivity index (χ4n) is 3.57. The molecule has 0 heterocycles. The molecular formula is C28H53N3O4. The van der Waals surface area contributed by atoms with Gasteiger partial charge in [-0.2, -0.15) is 0 Å². The number of rotatable bonds is 18. The van der Waals surface area contributed by atoms with Crippen molar-refractivity contribution in [3.8, 4) is 0 Å². The third kappa shape index (κ3) is 18.2. The van der Waals surface area contributed by atoms with E-state index in [1.165, 1.54) is 0 Å². The van der Waals surface area contributed by atoms with E-state index in [4.69, 9.17) is 0 Å². The summed E-state index contributed by atoms with van der Waals surface area (Å²) < 4.78 is 0. The molecule has 1 atom stereocenters. The van der Waals surface area contributed by atoms with E-state index in [1.54, 1.807) is 0 Å². The Morgan fingerprint density at radius 2 is 1.23 bits per heavy atom. The van der Waals surface area contributed by atoms with Gasteiger partial charge in [-0.05, 0) is 52.9 Å². The number of carbonyl (C=O) groups is 4. The molecule has 0 aliphatic rings. The molecule has 0 fully saturated rings. The summed E-state index contributed by atoms with van der Waals surface area (Å²) in [5.41, 5.74) is -0.542. The van der Waals surface area contributed by atoms with Crippen molar-refractivity contribution in [3.05, 3.63) is 0 Å². The maximum atomic E-state index is 12.8. The van der Waals surface area contributed by atoms with Crippen molar-refractivity contribution >= 4 is 23.4 Å². The van der Waals surface area contributed by atoms with E-state index in [9.17, 15) is 19.2 Å². The van der Waals surface area contributed by atoms with Gasteiger partial charge in [-0.1, -0.05) is 47.5 Å². The molecular weight excluding hydrogens is 442 g/mol. The lowest BCUT2D eigenvalue weighted by Gasteiger charge is -2.28.